The molecule has 0 aromatic heterocycles. The van der Waals surface area contributed by atoms with Crippen molar-refractivity contribution in [1.29, 1.82) is 0 Å². The van der Waals surface area contributed by atoms with E-state index in [0.29, 0.717) is 0 Å². The van der Waals surface area contributed by atoms with Crippen LogP contribution < -0.4 is 0 Å². The highest BCUT2D eigenvalue weighted by atomic mass is 16.5. The minimum absolute atomic E-state index is 0.951. The van der Waals surface area contributed by atoms with E-state index in [2.05, 4.69) is 6.92 Å². The predicted molar refractivity (Wildman–Crippen MR) is 42.8 cm³/mol. The van der Waals surface area contributed by atoms with Gasteiger partial charge in [0.1, 0.15) is 0 Å². The van der Waals surface area contributed by atoms with Crippen molar-refractivity contribution in [1.82, 2.24) is 0 Å². The molecule has 0 aromatic carbocycles. The standard InChI is InChI=1S/C9H17O/c1-2-3-4-5-6-9-7-10-8-9/h2-8H2,1H3. The van der Waals surface area contributed by atoms with Crippen LogP contribution in [0.2, 0.25) is 0 Å². The highest BCUT2D eigenvalue weighted by molar-refractivity contribution is 4.95. The van der Waals surface area contributed by atoms with Crippen LogP contribution in [0.3, 0.4) is 0 Å². The number of rotatable bonds is 5. The normalized spacial score (nSPS) is 18.9. The average molecular weight is 141 g/mol. The Hall–Kier alpha value is -0.0400. The van der Waals surface area contributed by atoms with Crippen molar-refractivity contribution < 1.29 is 4.74 Å². The molecule has 0 aromatic rings. The molecule has 1 aliphatic heterocycles. The van der Waals surface area contributed by atoms with Gasteiger partial charge in [-0.05, 0) is 6.42 Å². The third kappa shape index (κ3) is 2.70. The van der Waals surface area contributed by atoms with Crippen LogP contribution in [0.5, 0.6) is 0 Å². The maximum absolute atomic E-state index is 5.05. The fourth-order valence-electron chi connectivity index (χ4n) is 1.19. The Morgan fingerprint density at radius 3 is 2.50 bits per heavy atom. The van der Waals surface area contributed by atoms with Crippen molar-refractivity contribution in [3.63, 3.8) is 0 Å². The molecule has 0 aliphatic carbocycles. The number of ether oxygens (including phenoxy) is 1. The Morgan fingerprint density at radius 2 is 2.00 bits per heavy atom. The zero-order valence-corrected chi connectivity index (χ0v) is 6.86. The van der Waals surface area contributed by atoms with Crippen LogP contribution in [-0.2, 0) is 4.74 Å². The van der Waals surface area contributed by atoms with E-state index in [0.717, 1.165) is 13.2 Å². The van der Waals surface area contributed by atoms with Crippen molar-refractivity contribution >= 4 is 0 Å². The van der Waals surface area contributed by atoms with Crippen molar-refractivity contribution in [2.24, 2.45) is 0 Å². The molecule has 0 N–H and O–H groups in total. The number of unbranched alkanes of at least 4 members (excludes halogenated alkanes) is 3. The van der Waals surface area contributed by atoms with E-state index in [9.17, 15) is 0 Å². The zero-order valence-electron chi connectivity index (χ0n) is 6.86. The first-order valence-corrected chi connectivity index (χ1v) is 4.35. The van der Waals surface area contributed by atoms with Crippen LogP contribution in [0.25, 0.3) is 0 Å². The lowest BCUT2D eigenvalue weighted by molar-refractivity contribution is 0.0580. The molecule has 1 nitrogen and oxygen atoms in total. The van der Waals surface area contributed by atoms with E-state index in [1.165, 1.54) is 32.1 Å². The summed E-state index contributed by atoms with van der Waals surface area (Å²) in [5.74, 6) is 1.62. The fourth-order valence-corrected chi connectivity index (χ4v) is 1.19. The van der Waals surface area contributed by atoms with Crippen molar-refractivity contribution in [2.45, 2.75) is 39.0 Å². The predicted octanol–water partition coefficient (Wildman–Crippen LogP) is 2.56. The molecule has 0 amide bonds. The second-order valence-corrected chi connectivity index (χ2v) is 3.05. The van der Waals surface area contributed by atoms with Gasteiger partial charge >= 0.3 is 0 Å². The average Bonchev–Trinajstić information content (AvgIpc) is 1.84. The summed E-state index contributed by atoms with van der Waals surface area (Å²) in [5.41, 5.74) is 0. The Kier molecular flexibility index (Phi) is 3.81. The summed E-state index contributed by atoms with van der Waals surface area (Å²) in [7, 11) is 0. The smallest absolute Gasteiger partial charge is 0.0551 e. The Balaban J connectivity index is 1.76. The molecule has 1 rings (SSSR count). The first-order valence-electron chi connectivity index (χ1n) is 4.35. The highest BCUT2D eigenvalue weighted by Crippen LogP contribution is 2.20. The van der Waals surface area contributed by atoms with Crippen LogP contribution in [0.4, 0.5) is 0 Å². The third-order valence-electron chi connectivity index (χ3n) is 2.00. The van der Waals surface area contributed by atoms with E-state index < -0.39 is 0 Å². The van der Waals surface area contributed by atoms with Gasteiger partial charge in [0, 0.05) is 5.92 Å². The molecule has 0 saturated carbocycles. The summed E-state index contributed by atoms with van der Waals surface area (Å²) in [4.78, 5) is 0. The number of hydrogen-bond acceptors (Lipinski definition) is 1. The second-order valence-electron chi connectivity index (χ2n) is 3.05. The zero-order chi connectivity index (χ0) is 7.23. The molecule has 1 aliphatic rings. The van der Waals surface area contributed by atoms with E-state index in [1.807, 2.05) is 0 Å². The third-order valence-corrected chi connectivity index (χ3v) is 2.00. The van der Waals surface area contributed by atoms with Gasteiger partial charge in [0.05, 0.1) is 13.2 Å². The molecular weight excluding hydrogens is 124 g/mol. The fraction of sp³-hybridized carbons (Fsp3) is 0.889. The van der Waals surface area contributed by atoms with Gasteiger partial charge in [-0.25, -0.2) is 0 Å². The van der Waals surface area contributed by atoms with Gasteiger partial charge < -0.3 is 4.74 Å². The lowest BCUT2D eigenvalue weighted by Crippen LogP contribution is -2.24. The van der Waals surface area contributed by atoms with Crippen LogP contribution in [0.15, 0.2) is 0 Å². The van der Waals surface area contributed by atoms with Gasteiger partial charge in [-0.2, -0.15) is 0 Å². The van der Waals surface area contributed by atoms with Gasteiger partial charge in [-0.3, -0.25) is 0 Å². The molecule has 59 valence electrons. The summed E-state index contributed by atoms with van der Waals surface area (Å²) in [6, 6.07) is 0. The molecule has 1 radical (unpaired) electrons. The van der Waals surface area contributed by atoms with E-state index in [-0.39, 0.29) is 0 Å². The Morgan fingerprint density at radius 1 is 1.20 bits per heavy atom. The summed E-state index contributed by atoms with van der Waals surface area (Å²) in [6.45, 7) is 4.15. The topological polar surface area (TPSA) is 9.23 Å². The quantitative estimate of drug-likeness (QED) is 0.535. The molecular formula is C9H17O. The second kappa shape index (κ2) is 4.73. The molecule has 1 saturated heterocycles. The molecule has 0 spiro atoms. The van der Waals surface area contributed by atoms with E-state index >= 15 is 0 Å². The van der Waals surface area contributed by atoms with Gasteiger partial charge in [-0.15, -0.1) is 0 Å². The lowest BCUT2D eigenvalue weighted by atomic mass is 10.00. The summed E-state index contributed by atoms with van der Waals surface area (Å²) in [5, 5.41) is 0. The van der Waals surface area contributed by atoms with Crippen LogP contribution in [-0.4, -0.2) is 13.2 Å². The lowest BCUT2D eigenvalue weighted by Gasteiger charge is -2.24. The molecule has 0 atom stereocenters. The Bertz CT molecular complexity index is 76.8. The largest absolute Gasteiger partial charge is 0.380 e. The van der Waals surface area contributed by atoms with Crippen LogP contribution in [0, 0.1) is 5.92 Å². The molecule has 1 heterocycles. The van der Waals surface area contributed by atoms with Gasteiger partial charge in [0.2, 0.25) is 0 Å². The summed E-state index contributed by atoms with van der Waals surface area (Å²) >= 11 is 0. The molecule has 0 unspecified atom stereocenters. The number of hydrogen-bond donors (Lipinski definition) is 0. The maximum Gasteiger partial charge on any atom is 0.0551 e. The molecule has 1 fully saturated rings. The first kappa shape index (κ1) is 8.06. The van der Waals surface area contributed by atoms with Gasteiger partial charge in [0.25, 0.3) is 0 Å². The highest BCUT2D eigenvalue weighted by Gasteiger charge is 2.17. The minimum atomic E-state index is 0.951. The molecule has 0 bridgehead atoms. The van der Waals surface area contributed by atoms with Crippen molar-refractivity contribution in [3.05, 3.63) is 5.92 Å². The molecule has 1 heteroatoms. The van der Waals surface area contributed by atoms with Crippen LogP contribution >= 0.6 is 0 Å². The van der Waals surface area contributed by atoms with Gasteiger partial charge in [-0.1, -0.05) is 32.6 Å². The SMILES string of the molecule is CCCCCC[C]1COC1. The van der Waals surface area contributed by atoms with Crippen LogP contribution in [0.1, 0.15) is 39.0 Å². The molecule has 10 heavy (non-hydrogen) atoms. The summed E-state index contributed by atoms with van der Waals surface area (Å²) in [6.07, 6.45) is 6.84. The Labute approximate surface area is 63.8 Å². The van der Waals surface area contributed by atoms with E-state index in [4.69, 9.17) is 4.74 Å². The minimum Gasteiger partial charge on any atom is -0.380 e. The van der Waals surface area contributed by atoms with Crippen molar-refractivity contribution in [2.75, 3.05) is 13.2 Å². The van der Waals surface area contributed by atoms with Crippen molar-refractivity contribution in [3.8, 4) is 0 Å². The van der Waals surface area contributed by atoms with E-state index in [1.54, 1.807) is 5.92 Å². The summed E-state index contributed by atoms with van der Waals surface area (Å²) < 4.78 is 5.05. The first-order chi connectivity index (χ1) is 4.93. The maximum atomic E-state index is 5.05. The monoisotopic (exact) mass is 141 g/mol. The van der Waals surface area contributed by atoms with Gasteiger partial charge in [0.15, 0.2) is 0 Å².